The Morgan fingerprint density at radius 2 is 1.83 bits per heavy atom. The van der Waals surface area contributed by atoms with E-state index in [2.05, 4.69) is 4.98 Å². The van der Waals surface area contributed by atoms with Crippen LogP contribution in [0.3, 0.4) is 0 Å². The summed E-state index contributed by atoms with van der Waals surface area (Å²) in [6.45, 7) is 7.38. The second-order valence-electron chi connectivity index (χ2n) is 10.4. The molecule has 2 amide bonds. The zero-order valence-corrected chi connectivity index (χ0v) is 21.2. The van der Waals surface area contributed by atoms with Gasteiger partial charge in [0.25, 0.3) is 0 Å². The Bertz CT molecular complexity index is 1090. The molecule has 1 aromatic heterocycles. The molecule has 8 nitrogen and oxygen atoms in total. The number of pyridine rings is 1. The molecule has 1 aromatic carbocycles. The third-order valence-electron chi connectivity index (χ3n) is 6.62. The first kappa shape index (κ1) is 25.1. The van der Waals surface area contributed by atoms with Gasteiger partial charge in [-0.05, 0) is 77.1 Å². The molecule has 1 N–H and O–H groups in total. The van der Waals surface area contributed by atoms with Crippen LogP contribution in [-0.2, 0) is 20.8 Å². The molecule has 1 aliphatic heterocycles. The Morgan fingerprint density at radius 1 is 1.11 bits per heavy atom. The minimum absolute atomic E-state index is 0.00406. The third-order valence-corrected chi connectivity index (χ3v) is 6.62. The number of fused-ring (bicyclic) bond motifs is 2. The quantitative estimate of drug-likeness (QED) is 0.643. The minimum Gasteiger partial charge on any atom is -0.443 e. The highest BCUT2D eigenvalue weighted by molar-refractivity contribution is 6.06. The number of aliphatic hydroxyl groups excluding tert-OH is 1. The number of aliphatic hydroxyl groups is 1. The van der Waals surface area contributed by atoms with Crippen molar-refractivity contribution in [3.8, 4) is 0 Å². The minimum atomic E-state index is -0.729. The zero-order valence-electron chi connectivity index (χ0n) is 21.2. The third kappa shape index (κ3) is 5.33. The average molecular weight is 482 g/mol. The van der Waals surface area contributed by atoms with Crippen LogP contribution >= 0.6 is 0 Å². The maximum Gasteiger partial charge on any atom is 0.420 e. The molecule has 0 bridgehead atoms. The highest BCUT2D eigenvalue weighted by Crippen LogP contribution is 2.43. The number of anilines is 3. The molecule has 8 heteroatoms. The first-order chi connectivity index (χ1) is 16.6. The van der Waals surface area contributed by atoms with Gasteiger partial charge < -0.3 is 19.5 Å². The molecular formula is C27H35N3O5. The fourth-order valence-corrected chi connectivity index (χ4v) is 4.79. The van der Waals surface area contributed by atoms with Crippen LogP contribution in [-0.4, -0.2) is 40.9 Å². The molecule has 1 saturated carbocycles. The van der Waals surface area contributed by atoms with E-state index in [1.165, 1.54) is 4.90 Å². The molecule has 2 aromatic rings. The van der Waals surface area contributed by atoms with Gasteiger partial charge in [-0.25, -0.2) is 14.7 Å². The van der Waals surface area contributed by atoms with Gasteiger partial charge in [0.15, 0.2) is 0 Å². The van der Waals surface area contributed by atoms with Gasteiger partial charge in [0.1, 0.15) is 11.4 Å². The summed E-state index contributed by atoms with van der Waals surface area (Å²) in [5.41, 5.74) is 1.75. The van der Waals surface area contributed by atoms with E-state index in [1.807, 2.05) is 26.8 Å². The molecule has 0 spiro atoms. The van der Waals surface area contributed by atoms with E-state index in [1.54, 1.807) is 49.4 Å². The molecular weight excluding hydrogens is 446 g/mol. The van der Waals surface area contributed by atoms with Crippen molar-refractivity contribution in [3.05, 3.63) is 47.7 Å². The van der Waals surface area contributed by atoms with Crippen molar-refractivity contribution in [2.24, 2.45) is 5.92 Å². The number of carbonyl (C=O) groups excluding carboxylic acids is 2. The standard InChI is InChI=1S/C27H35N3O5/c1-17(31)19-10-13-22-23(15-19)29(25(32)18-8-11-21(34-5)12-9-18)16-20-7-6-14-28-24(20)30(22)26(33)35-27(2,3)4/h6-7,10,13-15,17-18,21,31H,8-9,11-12,16H2,1-5H3/t17?,18-,21-. The molecule has 1 fully saturated rings. The van der Waals surface area contributed by atoms with E-state index in [9.17, 15) is 14.7 Å². The SMILES string of the molecule is CO[C@H]1CC[C@H](C(=O)N2Cc3cccnc3N(C(=O)OC(C)(C)C)c3ccc(C(C)O)cc32)CC1. The number of hydrogen-bond donors (Lipinski definition) is 1. The van der Waals surface area contributed by atoms with Gasteiger partial charge in [-0.3, -0.25) is 4.79 Å². The van der Waals surface area contributed by atoms with Crippen molar-refractivity contribution in [1.29, 1.82) is 0 Å². The molecule has 0 saturated heterocycles. The Kier molecular flexibility index (Phi) is 7.15. The van der Waals surface area contributed by atoms with Crippen LogP contribution in [0.15, 0.2) is 36.5 Å². The Labute approximate surface area is 206 Å². The number of carbonyl (C=O) groups is 2. The van der Waals surface area contributed by atoms with Crippen LogP contribution in [0.4, 0.5) is 22.0 Å². The fourth-order valence-electron chi connectivity index (χ4n) is 4.79. The van der Waals surface area contributed by atoms with Gasteiger partial charge in [-0.2, -0.15) is 0 Å². The predicted octanol–water partition coefficient (Wildman–Crippen LogP) is 5.26. The van der Waals surface area contributed by atoms with Gasteiger partial charge in [0.05, 0.1) is 30.1 Å². The normalized spacial score (nSPS) is 21.0. The number of benzene rings is 1. The summed E-state index contributed by atoms with van der Waals surface area (Å²) in [7, 11) is 1.71. The van der Waals surface area contributed by atoms with E-state index in [0.717, 1.165) is 31.2 Å². The fraction of sp³-hybridized carbons (Fsp3) is 0.519. The van der Waals surface area contributed by atoms with Crippen LogP contribution in [0, 0.1) is 5.92 Å². The molecule has 4 rings (SSSR count). The van der Waals surface area contributed by atoms with Crippen LogP contribution in [0.2, 0.25) is 0 Å². The van der Waals surface area contributed by atoms with Crippen molar-refractivity contribution in [2.75, 3.05) is 16.9 Å². The molecule has 35 heavy (non-hydrogen) atoms. The van der Waals surface area contributed by atoms with Gasteiger partial charge in [0, 0.05) is 24.8 Å². The first-order valence-electron chi connectivity index (χ1n) is 12.2. The zero-order chi connectivity index (χ0) is 25.3. The maximum absolute atomic E-state index is 13.9. The molecule has 1 aliphatic carbocycles. The molecule has 2 aliphatic rings. The monoisotopic (exact) mass is 481 g/mol. The number of aromatic nitrogens is 1. The number of hydrogen-bond acceptors (Lipinski definition) is 6. The molecule has 188 valence electrons. The van der Waals surface area contributed by atoms with Crippen LogP contribution in [0.5, 0.6) is 0 Å². The van der Waals surface area contributed by atoms with Crippen LogP contribution in [0.1, 0.15) is 70.6 Å². The summed E-state index contributed by atoms with van der Waals surface area (Å²) in [6.07, 6.45) is 3.68. The van der Waals surface area contributed by atoms with Crippen LogP contribution in [0.25, 0.3) is 0 Å². The molecule has 0 radical (unpaired) electrons. The smallest absolute Gasteiger partial charge is 0.420 e. The lowest BCUT2D eigenvalue weighted by Crippen LogP contribution is -2.38. The molecule has 1 unspecified atom stereocenters. The maximum atomic E-state index is 13.9. The van der Waals surface area contributed by atoms with E-state index < -0.39 is 17.8 Å². The lowest BCUT2D eigenvalue weighted by molar-refractivity contribution is -0.124. The lowest BCUT2D eigenvalue weighted by atomic mass is 9.86. The van der Waals surface area contributed by atoms with Crippen molar-refractivity contribution >= 4 is 29.2 Å². The predicted molar refractivity (Wildman–Crippen MR) is 134 cm³/mol. The number of amides is 2. The van der Waals surface area contributed by atoms with Crippen molar-refractivity contribution in [3.63, 3.8) is 0 Å². The van der Waals surface area contributed by atoms with Gasteiger partial charge in [-0.15, -0.1) is 0 Å². The molecule has 1 atom stereocenters. The van der Waals surface area contributed by atoms with Crippen molar-refractivity contribution < 1.29 is 24.2 Å². The highest BCUT2D eigenvalue weighted by atomic mass is 16.6. The van der Waals surface area contributed by atoms with Crippen LogP contribution < -0.4 is 9.80 Å². The summed E-state index contributed by atoms with van der Waals surface area (Å²) in [4.78, 5) is 35.1. The number of nitrogens with zero attached hydrogens (tertiary/aromatic N) is 3. The van der Waals surface area contributed by atoms with E-state index >= 15 is 0 Å². The van der Waals surface area contributed by atoms with Crippen molar-refractivity contribution in [1.82, 2.24) is 4.98 Å². The number of ether oxygens (including phenoxy) is 2. The second kappa shape index (κ2) is 9.95. The summed E-state index contributed by atoms with van der Waals surface area (Å²) in [5, 5.41) is 10.3. The molecule has 2 heterocycles. The summed E-state index contributed by atoms with van der Waals surface area (Å²) in [6, 6.07) is 9.00. The van der Waals surface area contributed by atoms with E-state index in [0.29, 0.717) is 22.8 Å². The number of rotatable bonds is 3. The average Bonchev–Trinajstić information content (AvgIpc) is 2.96. The Morgan fingerprint density at radius 3 is 2.46 bits per heavy atom. The van der Waals surface area contributed by atoms with Gasteiger partial charge in [0.2, 0.25) is 5.91 Å². The second-order valence-corrected chi connectivity index (χ2v) is 10.4. The Balaban J connectivity index is 1.83. The van der Waals surface area contributed by atoms with Gasteiger partial charge >= 0.3 is 6.09 Å². The summed E-state index contributed by atoms with van der Waals surface area (Å²) in [5.74, 6) is 0.299. The topological polar surface area (TPSA) is 92.2 Å². The van der Waals surface area contributed by atoms with E-state index in [4.69, 9.17) is 9.47 Å². The lowest BCUT2D eigenvalue weighted by Gasteiger charge is -2.32. The van der Waals surface area contributed by atoms with Gasteiger partial charge in [-0.1, -0.05) is 12.1 Å². The van der Waals surface area contributed by atoms with E-state index in [-0.39, 0.29) is 24.5 Å². The Hall–Kier alpha value is -2.97. The van der Waals surface area contributed by atoms with Crippen molar-refractivity contribution in [2.45, 2.75) is 77.7 Å². The highest BCUT2D eigenvalue weighted by Gasteiger charge is 2.38. The summed E-state index contributed by atoms with van der Waals surface area (Å²) < 4.78 is 11.2. The summed E-state index contributed by atoms with van der Waals surface area (Å²) >= 11 is 0. The first-order valence-corrected chi connectivity index (χ1v) is 12.2. The number of methoxy groups -OCH3 is 1. The largest absolute Gasteiger partial charge is 0.443 e.